The van der Waals surface area contributed by atoms with Gasteiger partial charge in [-0.1, -0.05) is 6.07 Å². The Balaban J connectivity index is 0.00000300. The van der Waals surface area contributed by atoms with E-state index in [1.54, 1.807) is 33.5 Å². The number of nitrogens with zero attached hydrogens (tertiary/aromatic N) is 1. The van der Waals surface area contributed by atoms with E-state index >= 15 is 0 Å². The van der Waals surface area contributed by atoms with Gasteiger partial charge in [-0.05, 0) is 41.3 Å². The molecule has 0 saturated carbocycles. The molecule has 147 valence electrons. The van der Waals surface area contributed by atoms with Gasteiger partial charge in [-0.15, -0.1) is 0 Å². The molecule has 0 saturated heterocycles. The van der Waals surface area contributed by atoms with Crippen LogP contribution in [0, 0.1) is 0 Å². The fourth-order valence-electron chi connectivity index (χ4n) is 3.08. The summed E-state index contributed by atoms with van der Waals surface area (Å²) in [6, 6.07) is 10.6. The predicted octanol–water partition coefficient (Wildman–Crippen LogP) is 3.18. The Morgan fingerprint density at radius 2 is 1.45 bits per heavy atom. The summed E-state index contributed by atoms with van der Waals surface area (Å²) in [5.41, 5.74) is 1.49. The average Bonchev–Trinajstić information content (AvgIpc) is 2.72. The molecule has 0 spiro atoms. The summed E-state index contributed by atoms with van der Waals surface area (Å²) in [4.78, 5) is 15.9. The zero-order chi connectivity index (χ0) is 20.3. The van der Waals surface area contributed by atoms with Gasteiger partial charge in [-0.2, -0.15) is 0 Å². The van der Waals surface area contributed by atoms with Gasteiger partial charge in [0.2, 0.25) is 0 Å². The zero-order valence-corrected chi connectivity index (χ0v) is 19.1. The maximum absolute atomic E-state index is 11.6. The van der Waals surface area contributed by atoms with E-state index in [4.69, 9.17) is 18.9 Å². The van der Waals surface area contributed by atoms with E-state index < -0.39 is 5.97 Å². The molecule has 3 rings (SSSR count). The molecule has 0 aliphatic rings. The average molecular weight is 406 g/mol. The summed E-state index contributed by atoms with van der Waals surface area (Å²) in [6.45, 7) is 0. The predicted molar refractivity (Wildman–Crippen MR) is 110 cm³/mol. The number of hydrogen-bond donors (Lipinski definition) is 1. The van der Waals surface area contributed by atoms with E-state index in [2.05, 4.69) is 4.98 Å². The fraction of sp³-hybridized carbons (Fsp3) is 0.238. The Morgan fingerprint density at radius 1 is 0.862 bits per heavy atom. The molecule has 0 bridgehead atoms. The summed E-state index contributed by atoms with van der Waals surface area (Å²) in [5.74, 6) is 1.20. The molecule has 1 radical (unpaired) electrons. The van der Waals surface area contributed by atoms with Gasteiger partial charge in [0.1, 0.15) is 5.69 Å². The zero-order valence-electron chi connectivity index (χ0n) is 17.1. The number of methoxy groups -OCH3 is 4. The normalized spacial score (nSPS) is 10.2. The van der Waals surface area contributed by atoms with E-state index in [0.29, 0.717) is 40.5 Å². The van der Waals surface area contributed by atoms with Crippen molar-refractivity contribution in [1.29, 1.82) is 0 Å². The summed E-state index contributed by atoms with van der Waals surface area (Å²) >= 11 is 0. The quantitative estimate of drug-likeness (QED) is 0.603. The maximum atomic E-state index is 11.6. The minimum absolute atomic E-state index is 0. The first-order valence-electron chi connectivity index (χ1n) is 8.50. The van der Waals surface area contributed by atoms with Crippen molar-refractivity contribution >= 4 is 46.3 Å². The molecule has 0 aliphatic heterocycles. The van der Waals surface area contributed by atoms with E-state index in [1.807, 2.05) is 18.2 Å². The molecule has 8 heteroatoms. The third kappa shape index (κ3) is 4.75. The van der Waals surface area contributed by atoms with Gasteiger partial charge in [0, 0.05) is 41.4 Å². The Bertz CT molecular complexity index is 1040. The largest absolute Gasteiger partial charge is 0.493 e. The molecule has 0 amide bonds. The first-order chi connectivity index (χ1) is 13.5. The molecular weight excluding hydrogens is 385 g/mol. The Morgan fingerprint density at radius 3 is 2.03 bits per heavy atom. The summed E-state index contributed by atoms with van der Waals surface area (Å²) in [6.07, 6.45) is 0.410. The third-order valence-electron chi connectivity index (χ3n) is 4.45. The summed E-state index contributed by atoms with van der Waals surface area (Å²) < 4.78 is 21.3. The Labute approximate surface area is 190 Å². The van der Waals surface area contributed by atoms with Crippen molar-refractivity contribution in [3.63, 3.8) is 0 Å². The minimum Gasteiger partial charge on any atom is -0.493 e. The number of fused-ring (bicyclic) bond motifs is 1. The molecule has 0 unspecified atom stereocenters. The molecule has 3 aromatic rings. The third-order valence-corrected chi connectivity index (χ3v) is 4.45. The number of aromatic nitrogens is 1. The smallest absolute Gasteiger partial charge is 0.354 e. The number of aromatic carboxylic acids is 1. The number of benzene rings is 2. The number of carbonyl (C=O) groups is 1. The van der Waals surface area contributed by atoms with Gasteiger partial charge in [0.25, 0.3) is 0 Å². The number of carboxylic acids is 1. The van der Waals surface area contributed by atoms with Gasteiger partial charge in [-0.3, -0.25) is 0 Å². The number of hydrogen-bond acceptors (Lipinski definition) is 6. The van der Waals surface area contributed by atoms with Crippen LogP contribution in [0.2, 0.25) is 0 Å². The van der Waals surface area contributed by atoms with E-state index in [9.17, 15) is 9.90 Å². The van der Waals surface area contributed by atoms with Crippen LogP contribution in [0.15, 0.2) is 36.4 Å². The number of carboxylic acid groups (broad SMARTS) is 1. The molecule has 0 aliphatic carbocycles. The summed E-state index contributed by atoms with van der Waals surface area (Å²) in [7, 11) is 6.23. The van der Waals surface area contributed by atoms with Crippen LogP contribution in [0.3, 0.4) is 0 Å². The van der Waals surface area contributed by atoms with E-state index in [1.165, 1.54) is 13.2 Å². The summed E-state index contributed by atoms with van der Waals surface area (Å²) in [5, 5.41) is 11.0. The standard InChI is InChI=1S/C21H21NO6.Na/c1-25-17-6-5-12(8-18(17)26-2)7-15-14-11-20(28-4)19(27-3)10-13(14)9-16(22-15)21(23)24;/h5-6,8-11H,7H2,1-4H3,(H,23,24);. The SMILES string of the molecule is COc1ccc(Cc2nc(C(=O)O)cc3cc(OC)c(OC)cc23)cc1OC.[Na]. The molecule has 7 nitrogen and oxygen atoms in total. The molecule has 0 atom stereocenters. The Hall–Kier alpha value is -2.48. The molecular formula is C21H21NNaO6. The van der Waals surface area contributed by atoms with Crippen molar-refractivity contribution in [1.82, 2.24) is 4.98 Å². The first kappa shape index (κ1) is 22.8. The van der Waals surface area contributed by atoms with Crippen LogP contribution >= 0.6 is 0 Å². The van der Waals surface area contributed by atoms with Crippen LogP contribution < -0.4 is 18.9 Å². The van der Waals surface area contributed by atoms with E-state index in [0.717, 1.165) is 10.9 Å². The first-order valence-corrected chi connectivity index (χ1v) is 8.50. The van der Waals surface area contributed by atoms with Gasteiger partial charge in [0.05, 0.1) is 34.1 Å². The monoisotopic (exact) mass is 406 g/mol. The molecule has 29 heavy (non-hydrogen) atoms. The topological polar surface area (TPSA) is 87.1 Å². The Kier molecular flexibility index (Phi) is 7.73. The molecule has 0 fully saturated rings. The molecule has 1 heterocycles. The molecule has 1 aromatic heterocycles. The molecule has 1 N–H and O–H groups in total. The van der Waals surface area contributed by atoms with Crippen molar-refractivity contribution < 1.29 is 28.8 Å². The second-order valence-corrected chi connectivity index (χ2v) is 6.05. The van der Waals surface area contributed by atoms with E-state index in [-0.39, 0.29) is 35.3 Å². The van der Waals surface area contributed by atoms with Crippen LogP contribution in [0.25, 0.3) is 10.8 Å². The van der Waals surface area contributed by atoms with Crippen LogP contribution in [-0.2, 0) is 6.42 Å². The van der Waals surface area contributed by atoms with Crippen molar-refractivity contribution in [3.8, 4) is 23.0 Å². The van der Waals surface area contributed by atoms with Crippen LogP contribution in [0.5, 0.6) is 23.0 Å². The number of rotatable bonds is 7. The van der Waals surface area contributed by atoms with Crippen molar-refractivity contribution in [2.75, 3.05) is 28.4 Å². The fourth-order valence-corrected chi connectivity index (χ4v) is 3.08. The van der Waals surface area contributed by atoms with Crippen LogP contribution in [-0.4, -0.2) is 74.1 Å². The van der Waals surface area contributed by atoms with Crippen LogP contribution in [0.4, 0.5) is 0 Å². The van der Waals surface area contributed by atoms with Gasteiger partial charge in [0.15, 0.2) is 23.0 Å². The maximum Gasteiger partial charge on any atom is 0.354 e. The van der Waals surface area contributed by atoms with Crippen molar-refractivity contribution in [2.24, 2.45) is 0 Å². The van der Waals surface area contributed by atoms with Gasteiger partial charge in [-0.25, -0.2) is 9.78 Å². The second-order valence-electron chi connectivity index (χ2n) is 6.05. The minimum atomic E-state index is -1.09. The van der Waals surface area contributed by atoms with Gasteiger partial charge >= 0.3 is 5.97 Å². The molecule has 2 aromatic carbocycles. The number of pyridine rings is 1. The van der Waals surface area contributed by atoms with Crippen LogP contribution in [0.1, 0.15) is 21.7 Å². The van der Waals surface area contributed by atoms with Crippen molar-refractivity contribution in [2.45, 2.75) is 6.42 Å². The van der Waals surface area contributed by atoms with Gasteiger partial charge < -0.3 is 24.1 Å². The van der Waals surface area contributed by atoms with Crippen molar-refractivity contribution in [3.05, 3.63) is 53.3 Å². The number of ether oxygens (including phenoxy) is 4. The second kappa shape index (κ2) is 9.82.